The van der Waals surface area contributed by atoms with Crippen LogP contribution in [0.4, 0.5) is 0 Å². The first-order chi connectivity index (χ1) is 18.2. The topological polar surface area (TPSA) is 19.7 Å². The fourth-order valence-electron chi connectivity index (χ4n) is 6.08. The maximum absolute atomic E-state index is 3.63. The number of H-pyrrole nitrogens is 1. The summed E-state index contributed by atoms with van der Waals surface area (Å²) < 4.78 is 2.56. The second-order valence-corrected chi connectivity index (χ2v) is 12.2. The Morgan fingerprint density at radius 3 is 1.32 bits per heavy atom. The van der Waals surface area contributed by atoms with Crippen LogP contribution in [-0.2, 0) is 0 Å². The zero-order valence-corrected chi connectivity index (χ0v) is 26.1. The van der Waals surface area contributed by atoms with Crippen molar-refractivity contribution in [3.05, 3.63) is 18.2 Å². The molecule has 0 saturated heterocycles. The van der Waals surface area contributed by atoms with Gasteiger partial charge in [0, 0.05) is 0 Å². The predicted molar refractivity (Wildman–Crippen MR) is 166 cm³/mol. The molecule has 2 heteroatoms. The maximum atomic E-state index is 3.63. The summed E-state index contributed by atoms with van der Waals surface area (Å²) in [5, 5.41) is 0. The molecule has 1 N–H and O–H groups in total. The van der Waals surface area contributed by atoms with Gasteiger partial charge in [-0.15, -0.1) is 0 Å². The minimum Gasteiger partial charge on any atom is -0.247 e. The van der Waals surface area contributed by atoms with Crippen LogP contribution < -0.4 is 4.57 Å². The quantitative estimate of drug-likeness (QED) is 0.0842. The molecule has 1 aromatic heterocycles. The highest BCUT2D eigenvalue weighted by Gasteiger charge is 2.24. The summed E-state index contributed by atoms with van der Waals surface area (Å²) in [5.74, 6) is 2.18. The number of nitrogens with one attached hydrogen (secondary N) is 1. The van der Waals surface area contributed by atoms with Gasteiger partial charge in [-0.2, -0.15) is 0 Å². The van der Waals surface area contributed by atoms with Gasteiger partial charge in [-0.05, 0) is 32.6 Å². The van der Waals surface area contributed by atoms with Crippen molar-refractivity contribution in [3.8, 4) is 0 Å². The van der Waals surface area contributed by atoms with Crippen molar-refractivity contribution in [1.29, 1.82) is 0 Å². The Labute approximate surface area is 234 Å². The van der Waals surface area contributed by atoms with Crippen molar-refractivity contribution >= 4 is 0 Å². The van der Waals surface area contributed by atoms with E-state index < -0.39 is 0 Å². The molecule has 0 aliphatic heterocycles. The second-order valence-electron chi connectivity index (χ2n) is 12.2. The Morgan fingerprint density at radius 1 is 0.541 bits per heavy atom. The molecule has 0 saturated carbocycles. The van der Waals surface area contributed by atoms with Gasteiger partial charge in [0.25, 0.3) is 5.82 Å². The van der Waals surface area contributed by atoms with Crippen molar-refractivity contribution in [2.45, 2.75) is 207 Å². The Morgan fingerprint density at radius 2 is 0.919 bits per heavy atom. The first-order valence-corrected chi connectivity index (χ1v) is 17.3. The van der Waals surface area contributed by atoms with Crippen molar-refractivity contribution in [1.82, 2.24) is 4.98 Å². The number of imidazole rings is 1. The molecular weight excluding hydrogens is 448 g/mol. The van der Waals surface area contributed by atoms with Crippen molar-refractivity contribution in [2.75, 3.05) is 0 Å². The van der Waals surface area contributed by atoms with E-state index in [0.29, 0.717) is 12.0 Å². The highest BCUT2D eigenvalue weighted by atomic mass is 15.1. The first-order valence-electron chi connectivity index (χ1n) is 17.3. The Kier molecular flexibility index (Phi) is 23.6. The third-order valence-corrected chi connectivity index (χ3v) is 8.73. The van der Waals surface area contributed by atoms with Crippen LogP contribution in [0.1, 0.15) is 212 Å². The smallest absolute Gasteiger partial charge is 0.247 e. The molecule has 0 fully saturated rings. The average molecular weight is 518 g/mol. The molecule has 1 aromatic rings. The van der Waals surface area contributed by atoms with Gasteiger partial charge in [0.1, 0.15) is 12.4 Å². The Balaban J connectivity index is 2.03. The fraction of sp³-hybridized carbons (Fsp3) is 0.914. The molecular formula is C35H69N2+. The molecule has 1 heterocycles. The summed E-state index contributed by atoms with van der Waals surface area (Å²) in [6.07, 6.45) is 41.4. The fourth-order valence-corrected chi connectivity index (χ4v) is 6.08. The van der Waals surface area contributed by atoms with E-state index in [-0.39, 0.29) is 0 Å². The summed E-state index contributed by atoms with van der Waals surface area (Å²) in [5.41, 5.74) is 0. The minimum absolute atomic E-state index is 0.622. The molecule has 1 rings (SSSR count). The van der Waals surface area contributed by atoms with Crippen molar-refractivity contribution in [3.63, 3.8) is 0 Å². The van der Waals surface area contributed by atoms with E-state index in [1.54, 1.807) is 0 Å². The summed E-state index contributed by atoms with van der Waals surface area (Å²) in [7, 11) is 0. The molecule has 0 bridgehead atoms. The van der Waals surface area contributed by atoms with E-state index in [4.69, 9.17) is 0 Å². The Bertz CT molecular complexity index is 578. The van der Waals surface area contributed by atoms with Crippen LogP contribution in [-0.4, -0.2) is 4.98 Å². The van der Waals surface area contributed by atoms with Gasteiger partial charge < -0.3 is 0 Å². The first kappa shape index (κ1) is 34.2. The lowest BCUT2D eigenvalue weighted by molar-refractivity contribution is -0.727. The van der Waals surface area contributed by atoms with E-state index in [1.165, 1.54) is 173 Å². The van der Waals surface area contributed by atoms with Gasteiger partial charge in [0.2, 0.25) is 0 Å². The number of rotatable bonds is 28. The van der Waals surface area contributed by atoms with Crippen LogP contribution in [0.3, 0.4) is 0 Å². The summed E-state index contributed by atoms with van der Waals surface area (Å²) in [6.45, 7) is 9.41. The molecule has 2 atom stereocenters. The Hall–Kier alpha value is -0.790. The van der Waals surface area contributed by atoms with E-state index in [2.05, 4.69) is 49.6 Å². The van der Waals surface area contributed by atoms with Gasteiger partial charge in [0.05, 0.1) is 12.0 Å². The van der Waals surface area contributed by atoms with Gasteiger partial charge in [-0.1, -0.05) is 162 Å². The number of aromatic amines is 1. The molecule has 2 unspecified atom stereocenters. The summed E-state index contributed by atoms with van der Waals surface area (Å²) >= 11 is 0. The van der Waals surface area contributed by atoms with Crippen LogP contribution in [0.25, 0.3) is 0 Å². The van der Waals surface area contributed by atoms with Crippen LogP contribution in [0.15, 0.2) is 12.4 Å². The lowest BCUT2D eigenvalue weighted by Gasteiger charge is -2.16. The zero-order chi connectivity index (χ0) is 26.8. The molecule has 0 amide bonds. The third-order valence-electron chi connectivity index (χ3n) is 8.73. The molecule has 0 spiro atoms. The SMILES string of the molecule is CCCCCCCCCCCCCCCCCCCC(CC)c1[nH]cc[n+]1C(C)CCCCCCCC. The molecule has 37 heavy (non-hydrogen) atoms. The average Bonchev–Trinajstić information content (AvgIpc) is 3.40. The second kappa shape index (κ2) is 25.5. The van der Waals surface area contributed by atoms with Gasteiger partial charge in [-0.3, -0.25) is 0 Å². The van der Waals surface area contributed by atoms with Crippen molar-refractivity contribution in [2.24, 2.45) is 0 Å². The highest BCUT2D eigenvalue weighted by molar-refractivity contribution is 4.89. The number of hydrogen-bond donors (Lipinski definition) is 1. The number of unbranched alkanes of at least 4 members (excludes halogenated alkanes) is 21. The van der Waals surface area contributed by atoms with Gasteiger partial charge in [-0.25, -0.2) is 9.55 Å². The van der Waals surface area contributed by atoms with Gasteiger partial charge in [0.15, 0.2) is 0 Å². The highest BCUT2D eigenvalue weighted by Crippen LogP contribution is 2.24. The predicted octanol–water partition coefficient (Wildman–Crippen LogP) is 12.1. The normalized spacial score (nSPS) is 13.3. The molecule has 218 valence electrons. The number of nitrogens with zero attached hydrogens (tertiary/aromatic N) is 1. The largest absolute Gasteiger partial charge is 0.257 e. The number of hydrogen-bond acceptors (Lipinski definition) is 0. The van der Waals surface area contributed by atoms with Crippen LogP contribution in [0, 0.1) is 0 Å². The van der Waals surface area contributed by atoms with E-state index in [1.807, 2.05) is 0 Å². The standard InChI is InChI=1S/C35H68N2/c1-5-8-10-12-14-15-16-17-18-19-20-21-22-23-24-26-28-30-34(7-3)35-36-31-32-37(35)33(4)29-27-25-13-11-9-6-2/h31-34H,5-30H2,1-4H3/p+1. The van der Waals surface area contributed by atoms with Crippen LogP contribution >= 0.6 is 0 Å². The van der Waals surface area contributed by atoms with Crippen molar-refractivity contribution < 1.29 is 4.57 Å². The molecule has 0 aliphatic carbocycles. The molecule has 0 radical (unpaired) electrons. The van der Waals surface area contributed by atoms with Crippen LogP contribution in [0.5, 0.6) is 0 Å². The monoisotopic (exact) mass is 518 g/mol. The van der Waals surface area contributed by atoms with Gasteiger partial charge >= 0.3 is 0 Å². The summed E-state index contributed by atoms with van der Waals surface area (Å²) in [4.78, 5) is 3.63. The van der Waals surface area contributed by atoms with E-state index >= 15 is 0 Å². The van der Waals surface area contributed by atoms with E-state index in [9.17, 15) is 0 Å². The summed E-state index contributed by atoms with van der Waals surface area (Å²) in [6, 6.07) is 0.622. The molecule has 0 aliphatic rings. The molecule has 0 aromatic carbocycles. The van der Waals surface area contributed by atoms with Crippen LogP contribution in [0.2, 0.25) is 0 Å². The molecule has 2 nitrogen and oxygen atoms in total. The lowest BCUT2D eigenvalue weighted by atomic mass is 9.96. The third kappa shape index (κ3) is 18.2. The van der Waals surface area contributed by atoms with E-state index in [0.717, 1.165) is 0 Å². The lowest BCUT2D eigenvalue weighted by Crippen LogP contribution is -2.41. The minimum atomic E-state index is 0.622. The maximum Gasteiger partial charge on any atom is 0.257 e. The zero-order valence-electron chi connectivity index (χ0n) is 26.1. The number of aromatic nitrogens is 2.